The van der Waals surface area contributed by atoms with Gasteiger partial charge in [-0.2, -0.15) is 0 Å². The maximum Gasteiger partial charge on any atom is 0.311 e. The second kappa shape index (κ2) is 7.83. The molecule has 1 saturated heterocycles. The smallest absolute Gasteiger partial charge is 0.311 e. The Balaban J connectivity index is 1.39. The zero-order chi connectivity index (χ0) is 20.4. The molecule has 0 unspecified atom stereocenters. The number of carbonyl (C=O) groups is 2. The fourth-order valence-electron chi connectivity index (χ4n) is 3.29. The molecule has 1 aliphatic rings. The van der Waals surface area contributed by atoms with Gasteiger partial charge in [-0.25, -0.2) is 0 Å². The fourth-order valence-corrected chi connectivity index (χ4v) is 3.29. The molecule has 4 rings (SSSR count). The van der Waals surface area contributed by atoms with Crippen molar-refractivity contribution in [1.82, 2.24) is 5.16 Å². The Kier molecular flexibility index (Phi) is 5.07. The SMILES string of the molecule is COc1ccc(C)cc1N1C[C@@H](C(=O)OCc2cc(-c3ccco3)on2)CC1=O. The molecule has 1 atom stereocenters. The third kappa shape index (κ3) is 3.87. The van der Waals surface area contributed by atoms with Crippen LogP contribution in [0.4, 0.5) is 5.69 Å². The van der Waals surface area contributed by atoms with Crippen molar-refractivity contribution in [2.75, 3.05) is 18.6 Å². The van der Waals surface area contributed by atoms with E-state index in [1.54, 1.807) is 30.2 Å². The number of esters is 1. The van der Waals surface area contributed by atoms with Crippen LogP contribution in [0.15, 0.2) is 51.6 Å². The summed E-state index contributed by atoms with van der Waals surface area (Å²) in [6.45, 7) is 2.14. The average molecular weight is 396 g/mol. The molecule has 1 aromatic carbocycles. The first-order valence-corrected chi connectivity index (χ1v) is 9.16. The number of nitrogens with zero attached hydrogens (tertiary/aromatic N) is 2. The molecule has 8 heteroatoms. The number of benzene rings is 1. The minimum Gasteiger partial charge on any atom is -0.495 e. The minimum absolute atomic E-state index is 0.0402. The van der Waals surface area contributed by atoms with E-state index in [0.29, 0.717) is 28.7 Å². The molecule has 1 aliphatic heterocycles. The van der Waals surface area contributed by atoms with Crippen LogP contribution >= 0.6 is 0 Å². The lowest BCUT2D eigenvalue weighted by atomic mass is 10.1. The van der Waals surface area contributed by atoms with Crippen molar-refractivity contribution in [2.45, 2.75) is 20.0 Å². The highest BCUT2D eigenvalue weighted by Crippen LogP contribution is 2.34. The third-order valence-corrected chi connectivity index (χ3v) is 4.77. The lowest BCUT2D eigenvalue weighted by Gasteiger charge is -2.20. The molecule has 0 aliphatic carbocycles. The van der Waals surface area contributed by atoms with Crippen LogP contribution in [0, 0.1) is 12.8 Å². The topological polar surface area (TPSA) is 95.0 Å². The fraction of sp³-hybridized carbons (Fsp3) is 0.286. The summed E-state index contributed by atoms with van der Waals surface area (Å²) in [5.41, 5.74) is 2.12. The number of rotatable bonds is 6. The van der Waals surface area contributed by atoms with Gasteiger partial charge in [0.15, 0.2) is 5.76 Å². The largest absolute Gasteiger partial charge is 0.495 e. The van der Waals surface area contributed by atoms with Gasteiger partial charge in [-0.1, -0.05) is 11.2 Å². The van der Waals surface area contributed by atoms with E-state index in [1.165, 1.54) is 6.26 Å². The molecule has 0 saturated carbocycles. The molecule has 8 nitrogen and oxygen atoms in total. The van der Waals surface area contributed by atoms with E-state index in [0.717, 1.165) is 5.56 Å². The summed E-state index contributed by atoms with van der Waals surface area (Å²) < 4.78 is 21.1. The van der Waals surface area contributed by atoms with E-state index in [1.807, 2.05) is 25.1 Å². The Morgan fingerprint density at radius 3 is 2.90 bits per heavy atom. The summed E-state index contributed by atoms with van der Waals surface area (Å²) >= 11 is 0. The van der Waals surface area contributed by atoms with Crippen molar-refractivity contribution in [1.29, 1.82) is 0 Å². The highest BCUT2D eigenvalue weighted by molar-refractivity contribution is 6.00. The number of aryl methyl sites for hydroxylation is 1. The standard InChI is InChI=1S/C21H20N2O6/c1-13-5-6-17(26-2)16(8-13)23-11-14(9-20(23)24)21(25)28-12-15-10-19(29-22-15)18-4-3-7-27-18/h3-8,10,14H,9,11-12H2,1-2H3/t14-/m0/s1. The number of methoxy groups -OCH3 is 1. The van der Waals surface area contributed by atoms with Gasteiger partial charge in [-0.05, 0) is 36.8 Å². The van der Waals surface area contributed by atoms with Gasteiger partial charge in [0.1, 0.15) is 18.1 Å². The van der Waals surface area contributed by atoms with E-state index in [9.17, 15) is 9.59 Å². The molecule has 3 heterocycles. The first-order valence-electron chi connectivity index (χ1n) is 9.16. The van der Waals surface area contributed by atoms with Crippen LogP contribution in [0.2, 0.25) is 0 Å². The van der Waals surface area contributed by atoms with E-state index in [2.05, 4.69) is 5.16 Å². The molecule has 0 radical (unpaired) electrons. The normalized spacial score (nSPS) is 16.3. The van der Waals surface area contributed by atoms with Crippen LogP contribution in [0.25, 0.3) is 11.5 Å². The second-order valence-electron chi connectivity index (χ2n) is 6.85. The molecular weight excluding hydrogens is 376 g/mol. The average Bonchev–Trinajstić information content (AvgIpc) is 3.46. The molecule has 2 aromatic heterocycles. The highest BCUT2D eigenvalue weighted by Gasteiger charge is 2.37. The zero-order valence-electron chi connectivity index (χ0n) is 16.1. The Morgan fingerprint density at radius 2 is 2.14 bits per heavy atom. The van der Waals surface area contributed by atoms with E-state index in [4.69, 9.17) is 18.4 Å². The number of ether oxygens (including phenoxy) is 2. The highest BCUT2D eigenvalue weighted by atomic mass is 16.5. The van der Waals surface area contributed by atoms with E-state index in [-0.39, 0.29) is 25.5 Å². The maximum atomic E-state index is 12.5. The van der Waals surface area contributed by atoms with Gasteiger partial charge in [0.05, 0.1) is 25.0 Å². The minimum atomic E-state index is -0.552. The van der Waals surface area contributed by atoms with Gasteiger partial charge in [0.25, 0.3) is 0 Å². The number of carbonyl (C=O) groups excluding carboxylic acids is 2. The number of amides is 1. The summed E-state index contributed by atoms with van der Waals surface area (Å²) in [6.07, 6.45) is 1.62. The number of hydrogen-bond donors (Lipinski definition) is 0. The number of aromatic nitrogens is 1. The Bertz CT molecular complexity index is 1020. The molecule has 3 aromatic rings. The van der Waals surface area contributed by atoms with Crippen LogP contribution in [0.5, 0.6) is 5.75 Å². The van der Waals surface area contributed by atoms with Gasteiger partial charge in [0, 0.05) is 19.0 Å². The number of anilines is 1. The monoisotopic (exact) mass is 396 g/mol. The Morgan fingerprint density at radius 1 is 1.28 bits per heavy atom. The summed E-state index contributed by atoms with van der Waals surface area (Å²) in [5, 5.41) is 3.87. The molecule has 0 bridgehead atoms. The van der Waals surface area contributed by atoms with Crippen LogP contribution < -0.4 is 9.64 Å². The lowest BCUT2D eigenvalue weighted by Crippen LogP contribution is -2.27. The predicted molar refractivity (Wildman–Crippen MR) is 102 cm³/mol. The number of furan rings is 1. The van der Waals surface area contributed by atoms with E-state index >= 15 is 0 Å². The van der Waals surface area contributed by atoms with Gasteiger partial charge in [-0.15, -0.1) is 0 Å². The second-order valence-corrected chi connectivity index (χ2v) is 6.85. The van der Waals surface area contributed by atoms with Gasteiger partial charge >= 0.3 is 5.97 Å². The molecule has 0 N–H and O–H groups in total. The first-order chi connectivity index (χ1) is 14.0. The van der Waals surface area contributed by atoms with E-state index < -0.39 is 11.9 Å². The molecule has 1 amide bonds. The van der Waals surface area contributed by atoms with Crippen molar-refractivity contribution in [3.05, 3.63) is 53.9 Å². The van der Waals surface area contributed by atoms with Crippen molar-refractivity contribution in [2.24, 2.45) is 5.92 Å². The predicted octanol–water partition coefficient (Wildman–Crippen LogP) is 3.35. The summed E-state index contributed by atoms with van der Waals surface area (Å²) in [5.74, 6) is 0.441. The van der Waals surface area contributed by atoms with Crippen molar-refractivity contribution < 1.29 is 28.0 Å². The van der Waals surface area contributed by atoms with Gasteiger partial charge in [-0.3, -0.25) is 9.59 Å². The zero-order valence-corrected chi connectivity index (χ0v) is 16.1. The van der Waals surface area contributed by atoms with Crippen LogP contribution in [-0.2, 0) is 20.9 Å². The summed E-state index contributed by atoms with van der Waals surface area (Å²) in [6, 6.07) is 10.7. The molecule has 29 heavy (non-hydrogen) atoms. The summed E-state index contributed by atoms with van der Waals surface area (Å²) in [7, 11) is 1.55. The first kappa shape index (κ1) is 18.8. The quantitative estimate of drug-likeness (QED) is 0.590. The van der Waals surface area contributed by atoms with Crippen molar-refractivity contribution >= 4 is 17.6 Å². The van der Waals surface area contributed by atoms with Crippen LogP contribution in [0.1, 0.15) is 17.7 Å². The summed E-state index contributed by atoms with van der Waals surface area (Å²) in [4.78, 5) is 26.6. The van der Waals surface area contributed by atoms with Gasteiger partial charge < -0.3 is 23.3 Å². The molecule has 0 spiro atoms. The molecule has 150 valence electrons. The lowest BCUT2D eigenvalue weighted by molar-refractivity contribution is -0.149. The van der Waals surface area contributed by atoms with Crippen molar-refractivity contribution in [3.8, 4) is 17.3 Å². The number of hydrogen-bond acceptors (Lipinski definition) is 7. The molecule has 1 fully saturated rings. The van der Waals surface area contributed by atoms with Crippen LogP contribution in [-0.4, -0.2) is 30.7 Å². The van der Waals surface area contributed by atoms with Crippen molar-refractivity contribution in [3.63, 3.8) is 0 Å². The third-order valence-electron chi connectivity index (χ3n) is 4.77. The Labute approximate surface area is 167 Å². The Hall–Kier alpha value is -3.55. The van der Waals surface area contributed by atoms with Gasteiger partial charge in [0.2, 0.25) is 11.7 Å². The maximum absolute atomic E-state index is 12.5. The molecular formula is C21H20N2O6. The van der Waals surface area contributed by atoms with Crippen LogP contribution in [0.3, 0.4) is 0 Å².